The third-order valence-corrected chi connectivity index (χ3v) is 4.09. The second-order valence-corrected chi connectivity index (χ2v) is 5.57. The van der Waals surface area contributed by atoms with Crippen LogP contribution in [-0.2, 0) is 0 Å². The summed E-state index contributed by atoms with van der Waals surface area (Å²) in [4.78, 5) is 13.0. The SMILES string of the molecule is CNCCC1CCN(c2cc(C)ccc2[N+](=O)[O-])CC1. The molecule has 0 unspecified atom stereocenters. The van der Waals surface area contributed by atoms with E-state index in [9.17, 15) is 10.1 Å². The average Bonchev–Trinajstić information content (AvgIpc) is 2.45. The molecule has 1 fully saturated rings. The van der Waals surface area contributed by atoms with E-state index >= 15 is 0 Å². The molecule has 0 aliphatic carbocycles. The Morgan fingerprint density at radius 1 is 1.40 bits per heavy atom. The van der Waals surface area contributed by atoms with Gasteiger partial charge in [0.25, 0.3) is 5.69 Å². The van der Waals surface area contributed by atoms with Gasteiger partial charge in [0.15, 0.2) is 0 Å². The first-order valence-electron chi connectivity index (χ1n) is 7.26. The molecule has 0 spiro atoms. The van der Waals surface area contributed by atoms with Gasteiger partial charge >= 0.3 is 0 Å². The zero-order valence-electron chi connectivity index (χ0n) is 12.3. The second kappa shape index (κ2) is 6.70. The summed E-state index contributed by atoms with van der Waals surface area (Å²) in [5.41, 5.74) is 2.08. The zero-order chi connectivity index (χ0) is 14.5. The number of nitro groups is 1. The van der Waals surface area contributed by atoms with Gasteiger partial charge in [0.2, 0.25) is 0 Å². The number of nitro benzene ring substituents is 1. The van der Waals surface area contributed by atoms with Crippen molar-refractivity contribution in [2.24, 2.45) is 5.92 Å². The molecule has 0 saturated carbocycles. The van der Waals surface area contributed by atoms with E-state index < -0.39 is 0 Å². The Balaban J connectivity index is 2.06. The number of benzene rings is 1. The van der Waals surface area contributed by atoms with Gasteiger partial charge in [0, 0.05) is 19.2 Å². The van der Waals surface area contributed by atoms with E-state index in [1.807, 2.05) is 20.0 Å². The summed E-state index contributed by atoms with van der Waals surface area (Å²) in [6, 6.07) is 5.37. The molecule has 1 aliphatic rings. The lowest BCUT2D eigenvalue weighted by atomic mass is 9.93. The first-order valence-corrected chi connectivity index (χ1v) is 7.26. The van der Waals surface area contributed by atoms with Gasteiger partial charge in [-0.15, -0.1) is 0 Å². The summed E-state index contributed by atoms with van der Waals surface area (Å²) < 4.78 is 0. The minimum absolute atomic E-state index is 0.226. The van der Waals surface area contributed by atoms with Crippen molar-refractivity contribution >= 4 is 11.4 Å². The molecule has 0 radical (unpaired) electrons. The predicted octanol–water partition coefficient (Wildman–Crippen LogP) is 2.73. The molecule has 1 aromatic rings. The minimum Gasteiger partial charge on any atom is -0.366 e. The Morgan fingerprint density at radius 2 is 2.10 bits per heavy atom. The lowest BCUT2D eigenvalue weighted by Crippen LogP contribution is -2.34. The van der Waals surface area contributed by atoms with Crippen molar-refractivity contribution in [2.75, 3.05) is 31.6 Å². The fourth-order valence-corrected chi connectivity index (χ4v) is 2.85. The van der Waals surface area contributed by atoms with Gasteiger partial charge in [-0.3, -0.25) is 10.1 Å². The van der Waals surface area contributed by atoms with Crippen LogP contribution in [0.15, 0.2) is 18.2 Å². The van der Waals surface area contributed by atoms with Crippen molar-refractivity contribution in [1.82, 2.24) is 5.32 Å². The molecule has 2 rings (SSSR count). The average molecular weight is 277 g/mol. The van der Waals surface area contributed by atoms with E-state index in [-0.39, 0.29) is 10.6 Å². The van der Waals surface area contributed by atoms with Crippen molar-refractivity contribution < 1.29 is 4.92 Å². The highest BCUT2D eigenvalue weighted by atomic mass is 16.6. The van der Waals surface area contributed by atoms with Gasteiger partial charge in [0.05, 0.1) is 4.92 Å². The van der Waals surface area contributed by atoms with Crippen molar-refractivity contribution in [3.63, 3.8) is 0 Å². The van der Waals surface area contributed by atoms with Crippen LogP contribution in [-0.4, -0.2) is 31.6 Å². The van der Waals surface area contributed by atoms with Crippen LogP contribution in [0.2, 0.25) is 0 Å². The highest BCUT2D eigenvalue weighted by Crippen LogP contribution is 2.32. The molecule has 110 valence electrons. The summed E-state index contributed by atoms with van der Waals surface area (Å²) in [6.07, 6.45) is 3.43. The van der Waals surface area contributed by atoms with E-state index in [0.29, 0.717) is 0 Å². The molecule has 1 aromatic carbocycles. The Bertz CT molecular complexity index is 468. The van der Waals surface area contributed by atoms with E-state index in [4.69, 9.17) is 0 Å². The Morgan fingerprint density at radius 3 is 2.70 bits per heavy atom. The van der Waals surface area contributed by atoms with Crippen LogP contribution in [0, 0.1) is 23.0 Å². The standard InChI is InChI=1S/C15H23N3O2/c1-12-3-4-14(18(19)20)15(11-12)17-9-6-13(7-10-17)5-8-16-2/h3-4,11,13,16H,5-10H2,1-2H3. The number of anilines is 1. The summed E-state index contributed by atoms with van der Waals surface area (Å²) >= 11 is 0. The predicted molar refractivity (Wildman–Crippen MR) is 81.3 cm³/mol. The van der Waals surface area contributed by atoms with Crippen molar-refractivity contribution in [1.29, 1.82) is 0 Å². The monoisotopic (exact) mass is 277 g/mol. The van der Waals surface area contributed by atoms with Crippen LogP contribution in [0.25, 0.3) is 0 Å². The number of hydrogen-bond donors (Lipinski definition) is 1. The van der Waals surface area contributed by atoms with E-state index in [1.54, 1.807) is 12.1 Å². The molecule has 5 nitrogen and oxygen atoms in total. The normalized spacial score (nSPS) is 16.4. The van der Waals surface area contributed by atoms with Gasteiger partial charge in [-0.25, -0.2) is 0 Å². The summed E-state index contributed by atoms with van der Waals surface area (Å²) in [5.74, 6) is 0.738. The molecule has 5 heteroatoms. The van der Waals surface area contributed by atoms with Crippen molar-refractivity contribution in [3.05, 3.63) is 33.9 Å². The largest absolute Gasteiger partial charge is 0.366 e. The molecule has 20 heavy (non-hydrogen) atoms. The maximum Gasteiger partial charge on any atom is 0.292 e. The molecule has 0 bridgehead atoms. The van der Waals surface area contributed by atoms with E-state index in [1.165, 1.54) is 6.42 Å². The highest BCUT2D eigenvalue weighted by Gasteiger charge is 2.24. The summed E-state index contributed by atoms with van der Waals surface area (Å²) in [6.45, 7) is 4.86. The molecular formula is C15H23N3O2. The Kier molecular flexibility index (Phi) is 4.95. The molecule has 1 aliphatic heterocycles. The van der Waals surface area contributed by atoms with Crippen molar-refractivity contribution in [2.45, 2.75) is 26.2 Å². The van der Waals surface area contributed by atoms with Gasteiger partial charge in [-0.05, 0) is 57.3 Å². The van der Waals surface area contributed by atoms with E-state index in [0.717, 1.165) is 49.6 Å². The quantitative estimate of drug-likeness (QED) is 0.664. The first kappa shape index (κ1) is 14.8. The lowest BCUT2D eigenvalue weighted by Gasteiger charge is -2.33. The van der Waals surface area contributed by atoms with Crippen LogP contribution >= 0.6 is 0 Å². The van der Waals surface area contributed by atoms with Gasteiger partial charge < -0.3 is 10.2 Å². The Labute approximate surface area is 120 Å². The minimum atomic E-state index is -0.276. The number of piperidine rings is 1. The number of nitrogens with zero attached hydrogens (tertiary/aromatic N) is 2. The first-order chi connectivity index (χ1) is 9.61. The van der Waals surface area contributed by atoms with Gasteiger partial charge in [-0.1, -0.05) is 6.07 Å². The van der Waals surface area contributed by atoms with Crippen LogP contribution < -0.4 is 10.2 Å². The summed E-state index contributed by atoms with van der Waals surface area (Å²) in [7, 11) is 1.98. The molecule has 0 aromatic heterocycles. The smallest absolute Gasteiger partial charge is 0.292 e. The number of rotatable bonds is 5. The maximum atomic E-state index is 11.2. The van der Waals surface area contributed by atoms with E-state index in [2.05, 4.69) is 10.2 Å². The summed E-state index contributed by atoms with van der Waals surface area (Å²) in [5, 5.41) is 14.3. The Hall–Kier alpha value is -1.62. The number of hydrogen-bond acceptors (Lipinski definition) is 4. The molecule has 0 atom stereocenters. The van der Waals surface area contributed by atoms with Crippen molar-refractivity contribution in [3.8, 4) is 0 Å². The highest BCUT2D eigenvalue weighted by molar-refractivity contribution is 5.64. The van der Waals surface area contributed by atoms with Crippen LogP contribution in [0.4, 0.5) is 11.4 Å². The fraction of sp³-hybridized carbons (Fsp3) is 0.600. The second-order valence-electron chi connectivity index (χ2n) is 5.57. The fourth-order valence-electron chi connectivity index (χ4n) is 2.85. The maximum absolute atomic E-state index is 11.2. The third-order valence-electron chi connectivity index (χ3n) is 4.09. The topological polar surface area (TPSA) is 58.4 Å². The number of aryl methyl sites for hydroxylation is 1. The van der Waals surface area contributed by atoms with Crippen LogP contribution in [0.3, 0.4) is 0 Å². The molecule has 1 saturated heterocycles. The van der Waals surface area contributed by atoms with Gasteiger partial charge in [0.1, 0.15) is 5.69 Å². The lowest BCUT2D eigenvalue weighted by molar-refractivity contribution is -0.384. The number of nitrogens with one attached hydrogen (secondary N) is 1. The molecule has 1 heterocycles. The van der Waals surface area contributed by atoms with Gasteiger partial charge in [-0.2, -0.15) is 0 Å². The third kappa shape index (κ3) is 3.48. The molecule has 1 N–H and O–H groups in total. The molecular weight excluding hydrogens is 254 g/mol. The molecule has 0 amide bonds. The zero-order valence-corrected chi connectivity index (χ0v) is 12.3. The van der Waals surface area contributed by atoms with Crippen LogP contribution in [0.1, 0.15) is 24.8 Å². The van der Waals surface area contributed by atoms with Crippen LogP contribution in [0.5, 0.6) is 0 Å².